The zero-order valence-electron chi connectivity index (χ0n) is 13.9. The Kier molecular flexibility index (Phi) is 6.56. The second-order valence-corrected chi connectivity index (χ2v) is 7.33. The van der Waals surface area contributed by atoms with Gasteiger partial charge in [0, 0.05) is 29.9 Å². The van der Waals surface area contributed by atoms with Gasteiger partial charge in [0.2, 0.25) is 11.8 Å². The standard InChI is InChI=1S/C14H18N2O6S.Na/c1-7(17)15-4-5-23(22)9-6-8-10(14(2,3)21)12(18)16(8)11(9)13(19)20;/h4-5,8,10,21H,6H2,1-3H3,(H,15,17)(H,19,20);/q;+1/p-1/b5-4+;/t8-,10+,23?;/m1./s1. The number of hydrogen-bond donors (Lipinski definition) is 2. The SMILES string of the molecule is CC(=O)N/C=C/S(=O)C1=C(C(=O)[O-])N2C(=O)[C@@H](C(C)(C)O)[C@H]2C1.[Na+]. The largest absolute Gasteiger partial charge is 1.00 e. The van der Waals surface area contributed by atoms with Crippen molar-refractivity contribution in [2.45, 2.75) is 38.8 Å². The molecule has 0 bridgehead atoms. The van der Waals surface area contributed by atoms with Crippen molar-refractivity contribution in [3.8, 4) is 0 Å². The fourth-order valence-electron chi connectivity index (χ4n) is 2.91. The maximum absolute atomic E-state index is 12.2. The van der Waals surface area contributed by atoms with E-state index in [0.29, 0.717) is 0 Å². The molecule has 0 aliphatic carbocycles. The molecular weight excluding hydrogens is 347 g/mol. The number of nitrogens with one attached hydrogen (secondary N) is 1. The summed E-state index contributed by atoms with van der Waals surface area (Å²) in [6.07, 6.45) is 1.23. The fourth-order valence-corrected chi connectivity index (χ4v) is 3.97. The summed E-state index contributed by atoms with van der Waals surface area (Å²) in [5, 5.41) is 24.8. The molecule has 1 saturated heterocycles. The molecule has 1 fully saturated rings. The first kappa shape index (κ1) is 21.0. The topological polar surface area (TPSA) is 127 Å². The molecule has 1 unspecified atom stereocenters. The zero-order valence-corrected chi connectivity index (χ0v) is 16.7. The van der Waals surface area contributed by atoms with Crippen LogP contribution in [-0.2, 0) is 25.2 Å². The number of aliphatic hydroxyl groups is 1. The Morgan fingerprint density at radius 2 is 2.04 bits per heavy atom. The summed E-state index contributed by atoms with van der Waals surface area (Å²) in [7, 11) is -1.83. The van der Waals surface area contributed by atoms with Gasteiger partial charge in [0.1, 0.15) is 0 Å². The molecule has 2 amide bonds. The van der Waals surface area contributed by atoms with Crippen molar-refractivity contribution in [2.75, 3.05) is 0 Å². The second-order valence-electron chi connectivity index (χ2n) is 5.97. The number of carboxylic acids is 1. The van der Waals surface area contributed by atoms with E-state index in [4.69, 9.17) is 0 Å². The van der Waals surface area contributed by atoms with Gasteiger partial charge in [-0.1, -0.05) is 0 Å². The molecule has 3 atom stereocenters. The van der Waals surface area contributed by atoms with E-state index in [2.05, 4.69) is 5.32 Å². The van der Waals surface area contributed by atoms with Gasteiger partial charge in [-0.05, 0) is 13.8 Å². The van der Waals surface area contributed by atoms with Gasteiger partial charge in [0.05, 0.1) is 40.0 Å². The molecule has 10 heteroatoms. The van der Waals surface area contributed by atoms with Crippen molar-refractivity contribution in [1.82, 2.24) is 10.2 Å². The van der Waals surface area contributed by atoms with Crippen molar-refractivity contribution in [1.29, 1.82) is 0 Å². The number of carbonyl (C=O) groups is 3. The van der Waals surface area contributed by atoms with Crippen molar-refractivity contribution < 1.29 is 58.4 Å². The van der Waals surface area contributed by atoms with Gasteiger partial charge in [-0.15, -0.1) is 0 Å². The molecular formula is C14H17N2NaO6S. The van der Waals surface area contributed by atoms with Gasteiger partial charge < -0.3 is 25.2 Å². The van der Waals surface area contributed by atoms with Gasteiger partial charge >= 0.3 is 29.6 Å². The Bertz CT molecular complexity index is 667. The second kappa shape index (κ2) is 7.49. The average molecular weight is 364 g/mol. The Morgan fingerprint density at radius 3 is 2.50 bits per heavy atom. The first-order valence-electron chi connectivity index (χ1n) is 6.90. The monoisotopic (exact) mass is 364 g/mol. The maximum atomic E-state index is 12.2. The third-order valence-corrected chi connectivity index (χ3v) is 5.02. The Labute approximate surface area is 163 Å². The first-order chi connectivity index (χ1) is 10.6. The normalized spacial score (nSPS) is 24.3. The summed E-state index contributed by atoms with van der Waals surface area (Å²) in [6.45, 7) is 4.21. The van der Waals surface area contributed by atoms with E-state index in [-0.39, 0.29) is 46.8 Å². The van der Waals surface area contributed by atoms with Crippen LogP contribution < -0.4 is 40.0 Å². The molecule has 2 aliphatic heterocycles. The van der Waals surface area contributed by atoms with Gasteiger partial charge in [0.25, 0.3) is 0 Å². The maximum Gasteiger partial charge on any atom is 1.00 e. The van der Waals surface area contributed by atoms with Crippen molar-refractivity contribution in [2.24, 2.45) is 5.92 Å². The Balaban J connectivity index is 0.00000288. The van der Waals surface area contributed by atoms with Crippen LogP contribution in [0.2, 0.25) is 0 Å². The van der Waals surface area contributed by atoms with E-state index in [1.54, 1.807) is 0 Å². The van der Waals surface area contributed by atoms with E-state index >= 15 is 0 Å². The smallest absolute Gasteiger partial charge is 0.543 e. The van der Waals surface area contributed by atoms with Crippen LogP contribution in [0.25, 0.3) is 0 Å². The summed E-state index contributed by atoms with van der Waals surface area (Å²) in [5.74, 6) is -3.24. The van der Waals surface area contributed by atoms with Crippen molar-refractivity contribution >= 4 is 28.6 Å². The molecule has 126 valence electrons. The Morgan fingerprint density at radius 1 is 1.46 bits per heavy atom. The third-order valence-electron chi connectivity index (χ3n) is 3.79. The average Bonchev–Trinajstić information content (AvgIpc) is 2.71. The first-order valence-corrected chi connectivity index (χ1v) is 8.11. The number of fused-ring (bicyclic) bond motifs is 1. The van der Waals surface area contributed by atoms with Crippen LogP contribution >= 0.6 is 0 Å². The summed E-state index contributed by atoms with van der Waals surface area (Å²) in [6, 6.07) is -0.552. The Hall–Kier alpha value is -1.00. The minimum Gasteiger partial charge on any atom is -0.543 e. The van der Waals surface area contributed by atoms with Crippen LogP contribution in [0.15, 0.2) is 22.2 Å². The van der Waals surface area contributed by atoms with Crippen LogP contribution in [0.3, 0.4) is 0 Å². The number of aliphatic carboxylic acids is 1. The molecule has 2 rings (SSSR count). The number of nitrogens with zero attached hydrogens (tertiary/aromatic N) is 1. The number of β-lactam (4-membered cyclic amide) rings is 1. The number of carboxylic acid groups (broad SMARTS) is 1. The molecule has 8 nitrogen and oxygen atoms in total. The molecule has 0 aromatic heterocycles. The molecule has 0 saturated carbocycles. The van der Waals surface area contributed by atoms with E-state index in [1.807, 2.05) is 0 Å². The third kappa shape index (κ3) is 3.80. The van der Waals surface area contributed by atoms with Crippen molar-refractivity contribution in [3.05, 3.63) is 22.2 Å². The number of rotatable bonds is 5. The van der Waals surface area contributed by atoms with E-state index in [1.165, 1.54) is 20.8 Å². The van der Waals surface area contributed by atoms with Gasteiger partial charge in [-0.25, -0.2) is 4.21 Å². The van der Waals surface area contributed by atoms with E-state index in [0.717, 1.165) is 16.5 Å². The predicted molar refractivity (Wildman–Crippen MR) is 78.2 cm³/mol. The minimum absolute atomic E-state index is 0. The molecule has 2 heterocycles. The summed E-state index contributed by atoms with van der Waals surface area (Å²) < 4.78 is 12.2. The van der Waals surface area contributed by atoms with Crippen LogP contribution in [0.1, 0.15) is 27.2 Å². The van der Waals surface area contributed by atoms with Crippen LogP contribution in [0, 0.1) is 5.92 Å². The van der Waals surface area contributed by atoms with E-state index < -0.39 is 45.9 Å². The molecule has 0 aromatic carbocycles. The molecule has 24 heavy (non-hydrogen) atoms. The van der Waals surface area contributed by atoms with Crippen molar-refractivity contribution in [3.63, 3.8) is 0 Å². The summed E-state index contributed by atoms with van der Waals surface area (Å²) in [4.78, 5) is 35.3. The van der Waals surface area contributed by atoms with Gasteiger partial charge in [-0.3, -0.25) is 9.59 Å². The van der Waals surface area contributed by atoms with Crippen LogP contribution in [0.5, 0.6) is 0 Å². The molecule has 2 N–H and O–H groups in total. The minimum atomic E-state index is -1.83. The molecule has 0 aromatic rings. The van der Waals surface area contributed by atoms with Crippen LogP contribution in [0.4, 0.5) is 0 Å². The zero-order chi connectivity index (χ0) is 17.5. The molecule has 2 aliphatic rings. The fraction of sp³-hybridized carbons (Fsp3) is 0.500. The number of hydrogen-bond acceptors (Lipinski definition) is 6. The molecule has 0 spiro atoms. The summed E-state index contributed by atoms with van der Waals surface area (Å²) in [5.41, 5.74) is -1.72. The number of amides is 2. The quantitative estimate of drug-likeness (QED) is 0.373. The van der Waals surface area contributed by atoms with Gasteiger partial charge in [0.15, 0.2) is 0 Å². The van der Waals surface area contributed by atoms with Crippen LogP contribution in [-0.4, -0.2) is 43.6 Å². The van der Waals surface area contributed by atoms with Gasteiger partial charge in [-0.2, -0.15) is 0 Å². The molecule has 0 radical (unpaired) electrons. The van der Waals surface area contributed by atoms with E-state index in [9.17, 15) is 28.8 Å². The predicted octanol–water partition coefficient (Wildman–Crippen LogP) is -4.69. The summed E-state index contributed by atoms with van der Waals surface area (Å²) >= 11 is 0. The number of carbonyl (C=O) groups excluding carboxylic acids is 3.